The first-order valence-corrected chi connectivity index (χ1v) is 12.2. The number of hydrogen-bond acceptors (Lipinski definition) is 8. The van der Waals surface area contributed by atoms with Crippen LogP contribution in [0.1, 0.15) is 10.4 Å². The molecule has 0 saturated heterocycles. The molecule has 192 valence electrons. The number of para-hydroxylation sites is 1. The number of fused-ring (bicyclic) bond motifs is 1. The van der Waals surface area contributed by atoms with E-state index in [9.17, 15) is 14.7 Å². The van der Waals surface area contributed by atoms with Crippen molar-refractivity contribution in [3.8, 4) is 11.5 Å². The number of aromatic nitrogens is 2. The zero-order chi connectivity index (χ0) is 26.9. The number of aromatic hydroxyl groups is 1. The van der Waals surface area contributed by atoms with Crippen molar-refractivity contribution in [2.24, 2.45) is 0 Å². The number of H-pyrrole nitrogens is 1. The van der Waals surface area contributed by atoms with Crippen LogP contribution in [0.25, 0.3) is 11.0 Å². The average molecular weight is 529 g/mol. The van der Waals surface area contributed by atoms with Crippen molar-refractivity contribution in [2.75, 3.05) is 18.2 Å². The Kier molecular flexibility index (Phi) is 8.47. The number of esters is 1. The number of nitrogens with two attached hydrogens (primary N) is 1. The number of phenols is 1. The summed E-state index contributed by atoms with van der Waals surface area (Å²) in [5, 5.41) is 12.1. The Labute approximate surface area is 222 Å². The lowest BCUT2D eigenvalue weighted by Crippen LogP contribution is -2.11. The summed E-state index contributed by atoms with van der Waals surface area (Å²) in [5.74, 6) is -0.00735. The average Bonchev–Trinajstić information content (AvgIpc) is 3.31. The van der Waals surface area contributed by atoms with Gasteiger partial charge in [0.25, 0.3) is 0 Å². The number of ether oxygens (including phenoxy) is 2. The number of aromatic amines is 1. The second-order valence-corrected chi connectivity index (χ2v) is 8.92. The minimum atomic E-state index is -0.617. The van der Waals surface area contributed by atoms with Gasteiger partial charge in [-0.15, -0.1) is 0 Å². The quantitative estimate of drug-likeness (QED) is 0.122. The maximum absolute atomic E-state index is 11.7. The van der Waals surface area contributed by atoms with Gasteiger partial charge in [0.1, 0.15) is 17.1 Å². The number of amides is 1. The Bertz CT molecular complexity index is 1540. The zero-order valence-electron chi connectivity index (χ0n) is 20.3. The lowest BCUT2D eigenvalue weighted by molar-refractivity contribution is 0.0731. The third-order valence-electron chi connectivity index (χ3n) is 5.03. The maximum atomic E-state index is 11.7. The molecule has 0 bridgehead atoms. The molecule has 0 fully saturated rings. The van der Waals surface area contributed by atoms with Crippen molar-refractivity contribution in [2.45, 2.75) is 9.79 Å². The molecule has 0 aliphatic carbocycles. The van der Waals surface area contributed by atoms with E-state index in [1.165, 1.54) is 30.2 Å². The number of hydrogen-bond donors (Lipinski definition) is 4. The molecule has 10 heteroatoms. The highest BCUT2D eigenvalue weighted by Gasteiger charge is 2.13. The van der Waals surface area contributed by atoms with Crippen molar-refractivity contribution < 1.29 is 24.2 Å². The van der Waals surface area contributed by atoms with Crippen LogP contribution >= 0.6 is 11.8 Å². The number of anilines is 2. The number of nitrogen functional groups attached to an aromatic ring is 1. The number of methoxy groups -OCH3 is 1. The van der Waals surface area contributed by atoms with Crippen LogP contribution in [0, 0.1) is 0 Å². The van der Waals surface area contributed by atoms with Crippen molar-refractivity contribution in [3.63, 3.8) is 0 Å². The Morgan fingerprint density at radius 1 is 0.921 bits per heavy atom. The van der Waals surface area contributed by atoms with Crippen LogP contribution in [0.5, 0.6) is 11.5 Å². The number of carbonyl (C=O) groups excluding carboxylic acids is 2. The van der Waals surface area contributed by atoms with Crippen molar-refractivity contribution in [1.29, 1.82) is 0 Å². The van der Waals surface area contributed by atoms with Crippen molar-refractivity contribution in [3.05, 3.63) is 103 Å². The van der Waals surface area contributed by atoms with Gasteiger partial charge >= 0.3 is 12.1 Å². The molecule has 4 aromatic carbocycles. The number of nitrogens with one attached hydrogen (secondary N) is 2. The van der Waals surface area contributed by atoms with Gasteiger partial charge in [0.05, 0.1) is 18.1 Å². The fourth-order valence-corrected chi connectivity index (χ4v) is 4.13. The minimum absolute atomic E-state index is 0.0862. The number of phenolic OH excluding ortho intramolecular Hbond substituents is 1. The van der Waals surface area contributed by atoms with Gasteiger partial charge in [-0.2, -0.15) is 0 Å². The molecule has 9 nitrogen and oxygen atoms in total. The van der Waals surface area contributed by atoms with Crippen LogP contribution in [0.2, 0.25) is 0 Å². The minimum Gasteiger partial charge on any atom is -0.507 e. The largest absolute Gasteiger partial charge is 0.507 e. The Hall–Kier alpha value is -4.96. The van der Waals surface area contributed by atoms with Gasteiger partial charge in [-0.3, -0.25) is 5.32 Å². The molecule has 0 unspecified atom stereocenters. The standard InChI is InChI=1S/C15H13N3O2S.C13H11NO3/c1-20-15(19)18-14-16-12-8-7-11(9-13(12)17-14)21-10-5-3-2-4-6-10;14-9-6-7-11(12(15)8-9)13(16)17-10-4-2-1-3-5-10/h2-9H,1H3,(H2,16,17,18,19);1-8,15H,14H2. The summed E-state index contributed by atoms with van der Waals surface area (Å²) in [6.45, 7) is 0. The summed E-state index contributed by atoms with van der Waals surface area (Å²) in [7, 11) is 1.31. The third kappa shape index (κ3) is 7.05. The Balaban J connectivity index is 0.000000181. The molecular weight excluding hydrogens is 504 g/mol. The highest BCUT2D eigenvalue weighted by atomic mass is 32.2. The fourth-order valence-electron chi connectivity index (χ4n) is 3.26. The third-order valence-corrected chi connectivity index (χ3v) is 6.03. The predicted molar refractivity (Wildman–Crippen MR) is 147 cm³/mol. The topological polar surface area (TPSA) is 140 Å². The fraction of sp³-hybridized carbons (Fsp3) is 0.0357. The first-order valence-electron chi connectivity index (χ1n) is 11.3. The smallest absolute Gasteiger partial charge is 0.413 e. The number of benzene rings is 4. The van der Waals surface area contributed by atoms with E-state index in [4.69, 9.17) is 10.5 Å². The number of nitrogens with zero attached hydrogens (tertiary/aromatic N) is 1. The molecule has 0 atom stereocenters. The number of carbonyl (C=O) groups is 2. The molecule has 0 radical (unpaired) electrons. The first kappa shape index (κ1) is 26.1. The van der Waals surface area contributed by atoms with E-state index in [1.54, 1.807) is 36.0 Å². The first-order chi connectivity index (χ1) is 18.4. The Morgan fingerprint density at radius 2 is 1.63 bits per heavy atom. The molecule has 5 rings (SSSR count). The van der Waals surface area contributed by atoms with Crippen LogP contribution in [0.3, 0.4) is 0 Å². The Morgan fingerprint density at radius 3 is 2.32 bits per heavy atom. The molecule has 1 heterocycles. The van der Waals surface area contributed by atoms with Crippen LogP contribution in [-0.2, 0) is 4.74 Å². The summed E-state index contributed by atoms with van der Waals surface area (Å²) in [4.78, 5) is 32.5. The van der Waals surface area contributed by atoms with Crippen molar-refractivity contribution >= 4 is 46.5 Å². The molecule has 38 heavy (non-hydrogen) atoms. The van der Waals surface area contributed by atoms with Gasteiger partial charge in [0.15, 0.2) is 0 Å². The lowest BCUT2D eigenvalue weighted by Gasteiger charge is -2.06. The van der Waals surface area contributed by atoms with Crippen LogP contribution in [0.15, 0.2) is 107 Å². The summed E-state index contributed by atoms with van der Waals surface area (Å²) in [6, 6.07) is 29.0. The van der Waals surface area contributed by atoms with E-state index in [2.05, 4.69) is 32.2 Å². The van der Waals surface area contributed by atoms with Gasteiger partial charge < -0.3 is 25.3 Å². The maximum Gasteiger partial charge on any atom is 0.413 e. The lowest BCUT2D eigenvalue weighted by atomic mass is 10.2. The van der Waals surface area contributed by atoms with E-state index >= 15 is 0 Å². The van der Waals surface area contributed by atoms with Gasteiger partial charge in [0, 0.05) is 21.5 Å². The van der Waals surface area contributed by atoms with Crippen LogP contribution in [0.4, 0.5) is 16.4 Å². The van der Waals surface area contributed by atoms with E-state index in [0.29, 0.717) is 17.4 Å². The summed E-state index contributed by atoms with van der Waals surface area (Å²) < 4.78 is 9.62. The molecule has 5 N–H and O–H groups in total. The SMILES string of the molecule is COC(=O)Nc1nc2ccc(Sc3ccccc3)cc2[nH]1.Nc1ccc(C(=O)Oc2ccccc2)c(O)c1. The second-order valence-electron chi connectivity index (χ2n) is 7.78. The summed E-state index contributed by atoms with van der Waals surface area (Å²) >= 11 is 1.67. The van der Waals surface area contributed by atoms with E-state index < -0.39 is 12.1 Å². The summed E-state index contributed by atoms with van der Waals surface area (Å²) in [5.41, 5.74) is 7.60. The molecular formula is C28H24N4O5S. The number of rotatable bonds is 5. The van der Waals surface area contributed by atoms with Gasteiger partial charge in [-0.05, 0) is 54.6 Å². The highest BCUT2D eigenvalue weighted by Crippen LogP contribution is 2.29. The van der Waals surface area contributed by atoms with Crippen molar-refractivity contribution in [1.82, 2.24) is 9.97 Å². The van der Waals surface area contributed by atoms with Gasteiger partial charge in [-0.1, -0.05) is 48.2 Å². The highest BCUT2D eigenvalue weighted by molar-refractivity contribution is 7.99. The van der Waals surface area contributed by atoms with Gasteiger partial charge in [-0.25, -0.2) is 14.6 Å². The predicted octanol–water partition coefficient (Wildman–Crippen LogP) is 6.09. The second kappa shape index (κ2) is 12.3. The normalized spacial score (nSPS) is 10.2. The van der Waals surface area contributed by atoms with E-state index in [0.717, 1.165) is 15.9 Å². The van der Waals surface area contributed by atoms with E-state index in [1.807, 2.05) is 42.5 Å². The molecule has 0 aliphatic rings. The van der Waals surface area contributed by atoms with Crippen LogP contribution < -0.4 is 15.8 Å². The zero-order valence-corrected chi connectivity index (χ0v) is 21.1. The van der Waals surface area contributed by atoms with E-state index in [-0.39, 0.29) is 11.3 Å². The molecule has 5 aromatic rings. The molecule has 0 saturated carbocycles. The summed E-state index contributed by atoms with van der Waals surface area (Å²) in [6.07, 6.45) is -0.548. The van der Waals surface area contributed by atoms with Gasteiger partial charge in [0.2, 0.25) is 5.95 Å². The number of imidazole rings is 1. The molecule has 1 amide bonds. The monoisotopic (exact) mass is 528 g/mol. The van der Waals surface area contributed by atoms with Crippen LogP contribution in [-0.4, -0.2) is 34.2 Å². The molecule has 1 aromatic heterocycles. The molecule has 0 aliphatic heterocycles. The molecule has 0 spiro atoms.